The van der Waals surface area contributed by atoms with Crippen molar-refractivity contribution < 1.29 is 27.1 Å². The van der Waals surface area contributed by atoms with Crippen LogP contribution in [0.5, 0.6) is 0 Å². The van der Waals surface area contributed by atoms with Crippen LogP contribution in [0.2, 0.25) is 0 Å². The van der Waals surface area contributed by atoms with Crippen molar-refractivity contribution in [2.24, 2.45) is 0 Å². The number of ether oxygens (including phenoxy) is 1. The van der Waals surface area contributed by atoms with Crippen LogP contribution in [0.25, 0.3) is 5.69 Å². The third-order valence-corrected chi connectivity index (χ3v) is 2.06. The van der Waals surface area contributed by atoms with Crippen molar-refractivity contribution in [1.82, 2.24) is 19.7 Å². The molecule has 2 aromatic heterocycles. The molecule has 0 spiro atoms. The lowest BCUT2D eigenvalue weighted by Crippen LogP contribution is -2.11. The fourth-order valence-corrected chi connectivity index (χ4v) is 1.23. The van der Waals surface area contributed by atoms with Crippen molar-refractivity contribution in [2.75, 3.05) is 7.11 Å². The van der Waals surface area contributed by atoms with E-state index in [0.717, 1.165) is 7.11 Å². The average molecular weight is 276 g/mol. The normalized spacial score (nSPS) is 10.6. The molecule has 2 heterocycles. The monoisotopic (exact) mass is 276 g/mol. The Balaban J connectivity index is 2.59. The van der Waals surface area contributed by atoms with Crippen molar-refractivity contribution in [3.8, 4) is 5.69 Å². The molecule has 0 unspecified atom stereocenters. The largest absolute Gasteiger partial charge is 0.463 e. The molecule has 0 atom stereocenters. The van der Waals surface area contributed by atoms with Gasteiger partial charge in [0, 0.05) is 0 Å². The molecule has 0 fully saturated rings. The number of carbonyl (C=O) groups excluding carboxylic acids is 1. The van der Waals surface area contributed by atoms with Gasteiger partial charge in [0.15, 0.2) is 0 Å². The van der Waals surface area contributed by atoms with Crippen LogP contribution in [0.15, 0.2) is 6.33 Å². The zero-order valence-electron chi connectivity index (χ0n) is 9.19. The molecule has 0 amide bonds. The number of halogens is 4. The highest BCUT2D eigenvalue weighted by molar-refractivity contribution is 5.84. The van der Waals surface area contributed by atoms with E-state index in [0.29, 0.717) is 11.0 Å². The van der Waals surface area contributed by atoms with Gasteiger partial charge in [-0.25, -0.2) is 14.5 Å². The van der Waals surface area contributed by atoms with Crippen molar-refractivity contribution in [2.45, 2.75) is 0 Å². The van der Waals surface area contributed by atoms with E-state index in [-0.39, 0.29) is 0 Å². The number of rotatable bonds is 2. The van der Waals surface area contributed by atoms with Gasteiger partial charge in [0.05, 0.1) is 7.11 Å². The summed E-state index contributed by atoms with van der Waals surface area (Å²) in [6.07, 6.45) is 0.701. The number of pyridine rings is 1. The van der Waals surface area contributed by atoms with Crippen LogP contribution in [0, 0.1) is 23.5 Å². The van der Waals surface area contributed by atoms with Gasteiger partial charge in [-0.1, -0.05) is 0 Å². The molecular formula is C9H4F4N4O2. The summed E-state index contributed by atoms with van der Waals surface area (Å²) >= 11 is 0. The molecule has 0 N–H and O–H groups in total. The molecule has 19 heavy (non-hydrogen) atoms. The van der Waals surface area contributed by atoms with E-state index in [4.69, 9.17) is 0 Å². The molecule has 0 aliphatic heterocycles. The smallest absolute Gasteiger partial charge is 0.377 e. The van der Waals surface area contributed by atoms with Gasteiger partial charge in [-0.15, -0.1) is 5.10 Å². The van der Waals surface area contributed by atoms with Crippen LogP contribution >= 0.6 is 0 Å². The Hall–Kier alpha value is -2.52. The molecular weight excluding hydrogens is 272 g/mol. The third kappa shape index (κ3) is 2.11. The van der Waals surface area contributed by atoms with Crippen molar-refractivity contribution >= 4 is 5.97 Å². The second-order valence-corrected chi connectivity index (χ2v) is 3.17. The third-order valence-electron chi connectivity index (χ3n) is 2.06. The molecule has 0 aliphatic rings. The highest BCUT2D eigenvalue weighted by Gasteiger charge is 2.24. The predicted molar refractivity (Wildman–Crippen MR) is 50.3 cm³/mol. The predicted octanol–water partition coefficient (Wildman–Crippen LogP) is 1.01. The minimum atomic E-state index is -1.84. The van der Waals surface area contributed by atoms with Gasteiger partial charge in [0.2, 0.25) is 11.6 Å². The van der Waals surface area contributed by atoms with Gasteiger partial charge in [-0.05, 0) is 0 Å². The van der Waals surface area contributed by atoms with E-state index >= 15 is 0 Å². The molecule has 6 nitrogen and oxygen atoms in total. The summed E-state index contributed by atoms with van der Waals surface area (Å²) in [5.41, 5.74) is -1.17. The van der Waals surface area contributed by atoms with E-state index in [1.165, 1.54) is 0 Å². The van der Waals surface area contributed by atoms with Gasteiger partial charge in [-0.3, -0.25) is 0 Å². The first kappa shape index (κ1) is 12.9. The van der Waals surface area contributed by atoms with Crippen LogP contribution in [0.3, 0.4) is 0 Å². The Bertz CT molecular complexity index is 632. The maximum absolute atomic E-state index is 13.4. The summed E-state index contributed by atoms with van der Waals surface area (Å²) < 4.78 is 57.2. The summed E-state index contributed by atoms with van der Waals surface area (Å²) in [7, 11) is 1.04. The van der Waals surface area contributed by atoms with E-state index < -0.39 is 41.0 Å². The molecule has 0 bridgehead atoms. The Morgan fingerprint density at radius 2 is 1.79 bits per heavy atom. The summed E-state index contributed by atoms with van der Waals surface area (Å²) in [5, 5.41) is 3.35. The van der Waals surface area contributed by atoms with E-state index in [1.807, 2.05) is 0 Å². The molecule has 100 valence electrons. The number of hydrogen-bond donors (Lipinski definition) is 0. The number of nitrogens with zero attached hydrogens (tertiary/aromatic N) is 4. The maximum atomic E-state index is 13.4. The van der Waals surface area contributed by atoms with Gasteiger partial charge >= 0.3 is 5.97 Å². The van der Waals surface area contributed by atoms with Crippen LogP contribution in [-0.4, -0.2) is 32.8 Å². The van der Waals surface area contributed by atoms with Gasteiger partial charge in [0.1, 0.15) is 12.0 Å². The minimum Gasteiger partial charge on any atom is -0.463 e. The lowest BCUT2D eigenvalue weighted by molar-refractivity contribution is 0.0587. The van der Waals surface area contributed by atoms with E-state index in [2.05, 4.69) is 19.8 Å². The topological polar surface area (TPSA) is 69.9 Å². The van der Waals surface area contributed by atoms with Crippen molar-refractivity contribution in [3.05, 3.63) is 35.7 Å². The van der Waals surface area contributed by atoms with Crippen LogP contribution < -0.4 is 0 Å². The second-order valence-electron chi connectivity index (χ2n) is 3.17. The molecule has 0 aliphatic carbocycles. The first-order valence-electron chi connectivity index (χ1n) is 4.66. The zero-order chi connectivity index (χ0) is 14.2. The molecule has 2 aromatic rings. The number of esters is 1. The summed E-state index contributed by atoms with van der Waals surface area (Å²) in [6.45, 7) is 0. The highest BCUT2D eigenvalue weighted by Crippen LogP contribution is 2.20. The lowest BCUT2D eigenvalue weighted by atomic mass is 10.3. The van der Waals surface area contributed by atoms with Crippen LogP contribution in [0.1, 0.15) is 10.6 Å². The van der Waals surface area contributed by atoms with Gasteiger partial charge in [-0.2, -0.15) is 22.5 Å². The van der Waals surface area contributed by atoms with E-state index in [9.17, 15) is 22.4 Å². The Morgan fingerprint density at radius 3 is 2.32 bits per heavy atom. The SMILES string of the molecule is COC(=O)c1ncn(-c2c(F)c(F)nc(F)c2F)n1. The van der Waals surface area contributed by atoms with E-state index in [1.54, 1.807) is 0 Å². The standard InChI is InChI=1S/C9H4F4N4O2/c1-19-9(18)8-14-2-17(16-8)5-3(10)6(12)15-7(13)4(5)11/h2H,1H3. The highest BCUT2D eigenvalue weighted by atomic mass is 19.2. The van der Waals surface area contributed by atoms with Crippen molar-refractivity contribution in [1.29, 1.82) is 0 Å². The Kier molecular flexibility index (Phi) is 3.15. The molecule has 0 saturated heterocycles. The molecule has 0 aromatic carbocycles. The summed E-state index contributed by atoms with van der Waals surface area (Å²) in [6, 6.07) is 0. The second kappa shape index (κ2) is 4.63. The van der Waals surface area contributed by atoms with Gasteiger partial charge in [0.25, 0.3) is 17.7 Å². The first-order chi connectivity index (χ1) is 8.95. The fraction of sp³-hybridized carbons (Fsp3) is 0.111. The number of aromatic nitrogens is 4. The van der Waals surface area contributed by atoms with Crippen LogP contribution in [-0.2, 0) is 4.74 Å². The summed E-state index contributed by atoms with van der Waals surface area (Å²) in [5.74, 6) is -8.72. The number of hydrogen-bond acceptors (Lipinski definition) is 5. The first-order valence-corrected chi connectivity index (χ1v) is 4.66. The lowest BCUT2D eigenvalue weighted by Gasteiger charge is -2.04. The van der Waals surface area contributed by atoms with Crippen LogP contribution in [0.4, 0.5) is 17.6 Å². The molecule has 10 heteroatoms. The van der Waals surface area contributed by atoms with Gasteiger partial charge < -0.3 is 4.74 Å². The molecule has 2 rings (SSSR count). The Labute approximate surface area is 102 Å². The quantitative estimate of drug-likeness (QED) is 0.465. The fourth-order valence-electron chi connectivity index (χ4n) is 1.23. The zero-order valence-corrected chi connectivity index (χ0v) is 9.19. The average Bonchev–Trinajstić information content (AvgIpc) is 2.85. The summed E-state index contributed by atoms with van der Waals surface area (Å²) in [4.78, 5) is 16.8. The Morgan fingerprint density at radius 1 is 1.21 bits per heavy atom. The molecule has 0 saturated carbocycles. The number of methoxy groups -OCH3 is 1. The van der Waals surface area contributed by atoms with Crippen molar-refractivity contribution in [3.63, 3.8) is 0 Å². The number of carbonyl (C=O) groups is 1. The maximum Gasteiger partial charge on any atom is 0.377 e. The minimum absolute atomic E-state index is 0.366. The molecule has 0 radical (unpaired) electrons.